The van der Waals surface area contributed by atoms with E-state index in [-0.39, 0.29) is 11.8 Å². The second-order valence-electron chi connectivity index (χ2n) is 5.81. The van der Waals surface area contributed by atoms with Gasteiger partial charge in [-0.05, 0) is 43.4 Å². The molecule has 0 spiro atoms. The van der Waals surface area contributed by atoms with E-state index >= 15 is 0 Å². The summed E-state index contributed by atoms with van der Waals surface area (Å²) >= 11 is 0. The molecular formula is C16H20FNO2. The van der Waals surface area contributed by atoms with Gasteiger partial charge in [-0.2, -0.15) is 0 Å². The number of fused-ring (bicyclic) bond motifs is 1. The quantitative estimate of drug-likeness (QED) is 0.863. The highest BCUT2D eigenvalue weighted by Crippen LogP contribution is 2.35. The monoisotopic (exact) mass is 277 g/mol. The molecule has 3 atom stereocenters. The van der Waals surface area contributed by atoms with Crippen molar-refractivity contribution in [2.24, 2.45) is 5.92 Å². The molecule has 4 heteroatoms. The lowest BCUT2D eigenvalue weighted by Crippen LogP contribution is -2.37. The van der Waals surface area contributed by atoms with Crippen molar-refractivity contribution < 1.29 is 13.9 Å². The highest BCUT2D eigenvalue weighted by atomic mass is 19.1. The summed E-state index contributed by atoms with van der Waals surface area (Å²) in [5, 5.41) is 3.43. The Hall–Kier alpha value is -1.42. The molecule has 2 aliphatic rings. The third kappa shape index (κ3) is 2.44. The molecule has 1 saturated heterocycles. The number of ether oxygens (including phenoxy) is 1. The number of rotatable bonds is 3. The molecule has 1 saturated carbocycles. The van der Waals surface area contributed by atoms with Crippen LogP contribution in [0.15, 0.2) is 18.2 Å². The average Bonchev–Trinajstić information content (AvgIpc) is 2.90. The maximum atomic E-state index is 13.4. The highest BCUT2D eigenvalue weighted by molar-refractivity contribution is 6.02. The van der Waals surface area contributed by atoms with Gasteiger partial charge < -0.3 is 10.1 Å². The topological polar surface area (TPSA) is 38.3 Å². The molecule has 1 aromatic carbocycles. The van der Waals surface area contributed by atoms with Crippen molar-refractivity contribution in [3.63, 3.8) is 0 Å². The standard InChI is InChI=1S/C16H20FNO2/c1-20-15-7-6-11(17)9-12(15)16(19)14-8-10-4-2-3-5-13(10)18-14/h6-7,9-10,13-14,18H,2-5,8H2,1H3. The summed E-state index contributed by atoms with van der Waals surface area (Å²) in [4.78, 5) is 12.6. The second-order valence-corrected chi connectivity index (χ2v) is 5.81. The van der Waals surface area contributed by atoms with Crippen molar-refractivity contribution >= 4 is 5.78 Å². The molecule has 0 bridgehead atoms. The molecule has 3 unspecified atom stereocenters. The Morgan fingerprint density at radius 2 is 2.15 bits per heavy atom. The van der Waals surface area contributed by atoms with Crippen LogP contribution in [0.3, 0.4) is 0 Å². The van der Waals surface area contributed by atoms with Gasteiger partial charge in [0.2, 0.25) is 0 Å². The number of carbonyl (C=O) groups excluding carboxylic acids is 1. The van der Waals surface area contributed by atoms with Crippen molar-refractivity contribution in [1.82, 2.24) is 5.32 Å². The van der Waals surface area contributed by atoms with Crippen LogP contribution < -0.4 is 10.1 Å². The third-order valence-corrected chi connectivity index (χ3v) is 4.61. The van der Waals surface area contributed by atoms with Gasteiger partial charge in [-0.15, -0.1) is 0 Å². The first-order valence-corrected chi connectivity index (χ1v) is 7.33. The molecule has 1 heterocycles. The number of Topliss-reactive ketones (excluding diaryl/α,β-unsaturated/α-hetero) is 1. The Bertz CT molecular complexity index is 503. The Balaban J connectivity index is 1.81. The molecule has 0 aromatic heterocycles. The van der Waals surface area contributed by atoms with Gasteiger partial charge in [0.15, 0.2) is 5.78 Å². The van der Waals surface area contributed by atoms with Gasteiger partial charge in [0.1, 0.15) is 11.6 Å². The molecule has 1 aromatic rings. The van der Waals surface area contributed by atoms with Crippen LogP contribution in [0, 0.1) is 11.7 Å². The third-order valence-electron chi connectivity index (χ3n) is 4.61. The van der Waals surface area contributed by atoms with Crippen molar-refractivity contribution in [2.75, 3.05) is 7.11 Å². The average molecular weight is 277 g/mol. The summed E-state index contributed by atoms with van der Waals surface area (Å²) < 4.78 is 18.6. The zero-order valence-electron chi connectivity index (χ0n) is 11.7. The van der Waals surface area contributed by atoms with Gasteiger partial charge in [0.25, 0.3) is 0 Å². The van der Waals surface area contributed by atoms with Gasteiger partial charge >= 0.3 is 0 Å². The molecule has 3 nitrogen and oxygen atoms in total. The number of halogens is 1. The van der Waals surface area contributed by atoms with E-state index < -0.39 is 5.82 Å². The molecular weight excluding hydrogens is 257 g/mol. The molecule has 3 rings (SSSR count). The zero-order valence-corrected chi connectivity index (χ0v) is 11.7. The number of hydrogen-bond donors (Lipinski definition) is 1. The fourth-order valence-corrected chi connectivity index (χ4v) is 3.58. The van der Waals surface area contributed by atoms with Crippen molar-refractivity contribution in [3.8, 4) is 5.75 Å². The number of carbonyl (C=O) groups is 1. The molecule has 0 amide bonds. The van der Waals surface area contributed by atoms with Crippen molar-refractivity contribution in [2.45, 2.75) is 44.2 Å². The number of hydrogen-bond acceptors (Lipinski definition) is 3. The largest absolute Gasteiger partial charge is 0.496 e. The van der Waals surface area contributed by atoms with Gasteiger partial charge in [0, 0.05) is 6.04 Å². The van der Waals surface area contributed by atoms with E-state index in [1.807, 2.05) is 0 Å². The lowest BCUT2D eigenvalue weighted by Gasteiger charge is -2.24. The molecule has 2 fully saturated rings. The Morgan fingerprint density at radius 3 is 2.90 bits per heavy atom. The van der Waals surface area contributed by atoms with E-state index in [1.165, 1.54) is 44.6 Å². The summed E-state index contributed by atoms with van der Waals surface area (Å²) in [6, 6.07) is 4.38. The lowest BCUT2D eigenvalue weighted by molar-refractivity contribution is 0.0945. The predicted molar refractivity (Wildman–Crippen MR) is 74.6 cm³/mol. The number of ketones is 1. The minimum Gasteiger partial charge on any atom is -0.496 e. The Labute approximate surface area is 118 Å². The van der Waals surface area contributed by atoms with Crippen LogP contribution in [0.4, 0.5) is 4.39 Å². The van der Waals surface area contributed by atoms with Gasteiger partial charge in [0.05, 0.1) is 18.7 Å². The fraction of sp³-hybridized carbons (Fsp3) is 0.562. The summed E-state index contributed by atoms with van der Waals surface area (Å²) in [6.07, 6.45) is 5.70. The van der Waals surface area contributed by atoms with Crippen molar-refractivity contribution in [3.05, 3.63) is 29.6 Å². The first-order valence-electron chi connectivity index (χ1n) is 7.33. The first kappa shape index (κ1) is 13.6. The van der Waals surface area contributed by atoms with E-state index in [0.29, 0.717) is 23.3 Å². The van der Waals surface area contributed by atoms with Crippen LogP contribution in [-0.4, -0.2) is 25.0 Å². The van der Waals surface area contributed by atoms with Crippen LogP contribution in [0.5, 0.6) is 5.75 Å². The molecule has 108 valence electrons. The molecule has 0 radical (unpaired) electrons. The van der Waals surface area contributed by atoms with Gasteiger partial charge in [-0.25, -0.2) is 4.39 Å². The molecule has 1 aliphatic carbocycles. The van der Waals surface area contributed by atoms with E-state index in [2.05, 4.69) is 5.32 Å². The van der Waals surface area contributed by atoms with Crippen LogP contribution in [0.25, 0.3) is 0 Å². The number of methoxy groups -OCH3 is 1. The fourth-order valence-electron chi connectivity index (χ4n) is 3.58. The summed E-state index contributed by atoms with van der Waals surface area (Å²) in [7, 11) is 1.51. The first-order chi connectivity index (χ1) is 9.69. The smallest absolute Gasteiger partial charge is 0.183 e. The Kier molecular flexibility index (Phi) is 3.74. The molecule has 1 aliphatic heterocycles. The van der Waals surface area contributed by atoms with Crippen LogP contribution in [0.1, 0.15) is 42.5 Å². The SMILES string of the molecule is COc1ccc(F)cc1C(=O)C1CC2CCCCC2N1. The lowest BCUT2D eigenvalue weighted by atomic mass is 9.84. The normalized spacial score (nSPS) is 29.0. The van der Waals surface area contributed by atoms with Gasteiger partial charge in [-0.3, -0.25) is 4.79 Å². The number of benzene rings is 1. The van der Waals surface area contributed by atoms with Gasteiger partial charge in [-0.1, -0.05) is 12.8 Å². The minimum absolute atomic E-state index is 0.0456. The van der Waals surface area contributed by atoms with E-state index in [1.54, 1.807) is 0 Å². The summed E-state index contributed by atoms with van der Waals surface area (Å²) in [6.45, 7) is 0. The van der Waals surface area contributed by atoms with E-state index in [4.69, 9.17) is 4.74 Å². The molecule has 20 heavy (non-hydrogen) atoms. The maximum absolute atomic E-state index is 13.4. The van der Waals surface area contributed by atoms with Crippen LogP contribution in [-0.2, 0) is 0 Å². The van der Waals surface area contributed by atoms with Crippen molar-refractivity contribution in [1.29, 1.82) is 0 Å². The zero-order chi connectivity index (χ0) is 14.1. The van der Waals surface area contributed by atoms with Crippen LogP contribution >= 0.6 is 0 Å². The van der Waals surface area contributed by atoms with E-state index in [0.717, 1.165) is 12.8 Å². The molecule has 1 N–H and O–H groups in total. The minimum atomic E-state index is -0.399. The Morgan fingerprint density at radius 1 is 1.35 bits per heavy atom. The highest BCUT2D eigenvalue weighted by Gasteiger charge is 2.39. The number of nitrogens with one attached hydrogen (secondary N) is 1. The summed E-state index contributed by atoms with van der Waals surface area (Å²) in [5.74, 6) is 0.602. The van der Waals surface area contributed by atoms with E-state index in [9.17, 15) is 9.18 Å². The van der Waals surface area contributed by atoms with Crippen LogP contribution in [0.2, 0.25) is 0 Å². The predicted octanol–water partition coefficient (Wildman–Crippen LogP) is 2.94. The second kappa shape index (κ2) is 5.52. The summed E-state index contributed by atoms with van der Waals surface area (Å²) in [5.41, 5.74) is 0.351. The maximum Gasteiger partial charge on any atom is 0.183 e.